The molecule has 0 fully saturated rings. The number of fused-ring (bicyclic) bond motifs is 1. The average molecular weight is 211 g/mol. The quantitative estimate of drug-likeness (QED) is 0.571. The molecule has 0 saturated carbocycles. The van der Waals surface area contributed by atoms with Crippen molar-refractivity contribution in [2.24, 2.45) is 0 Å². The van der Waals surface area contributed by atoms with Gasteiger partial charge in [0.25, 0.3) is 0 Å². The second-order valence-electron chi connectivity index (χ2n) is 2.95. The third-order valence-electron chi connectivity index (χ3n) is 1.89. The fourth-order valence-corrected chi connectivity index (χ4v) is 1.40. The van der Waals surface area contributed by atoms with Crippen LogP contribution in [0.2, 0.25) is 0 Å². The van der Waals surface area contributed by atoms with E-state index in [0.29, 0.717) is 19.1 Å². The maximum atomic E-state index is 5.50. The van der Waals surface area contributed by atoms with Gasteiger partial charge in [-0.1, -0.05) is 6.07 Å². The van der Waals surface area contributed by atoms with E-state index in [-0.39, 0.29) is 0 Å². The van der Waals surface area contributed by atoms with Crippen LogP contribution in [-0.4, -0.2) is 22.1 Å². The largest absolute Gasteiger partial charge is 0.374 e. The van der Waals surface area contributed by atoms with Gasteiger partial charge in [-0.3, -0.25) is 0 Å². The maximum absolute atomic E-state index is 5.50. The summed E-state index contributed by atoms with van der Waals surface area (Å²) in [5.74, 6) is 0.521. The molecule has 0 unspecified atom stereocenters. The number of nitrogens with zero attached hydrogens (tertiary/aromatic N) is 2. The predicted octanol–water partition coefficient (Wildman–Crippen LogP) is 2.09. The standard InChI is InChI=1S/C10H11ClN2O/c11-4-6-14-8-9-7-10-3-1-2-5-13(10)12-9/h1-3,5,7H,4,6,8H2. The van der Waals surface area contributed by atoms with Gasteiger partial charge in [-0.2, -0.15) is 5.10 Å². The molecule has 0 aliphatic rings. The molecule has 2 heterocycles. The predicted molar refractivity (Wildman–Crippen MR) is 55.6 cm³/mol. The highest BCUT2D eigenvalue weighted by molar-refractivity contribution is 6.17. The lowest BCUT2D eigenvalue weighted by atomic mass is 10.4. The minimum absolute atomic E-state index is 0.521. The lowest BCUT2D eigenvalue weighted by Crippen LogP contribution is -1.97. The molecule has 14 heavy (non-hydrogen) atoms. The Kier molecular flexibility index (Phi) is 3.01. The highest BCUT2D eigenvalue weighted by Crippen LogP contribution is 2.06. The summed E-state index contributed by atoms with van der Waals surface area (Å²) in [6.45, 7) is 1.09. The van der Waals surface area contributed by atoms with Crippen LogP contribution >= 0.6 is 11.6 Å². The van der Waals surface area contributed by atoms with Gasteiger partial charge in [0.2, 0.25) is 0 Å². The average Bonchev–Trinajstić information content (AvgIpc) is 2.60. The van der Waals surface area contributed by atoms with Gasteiger partial charge in [0.15, 0.2) is 0 Å². The van der Waals surface area contributed by atoms with Gasteiger partial charge < -0.3 is 4.74 Å². The monoisotopic (exact) mass is 210 g/mol. The highest BCUT2D eigenvalue weighted by Gasteiger charge is 1.99. The van der Waals surface area contributed by atoms with Gasteiger partial charge in [0.05, 0.1) is 24.4 Å². The molecule has 0 spiro atoms. The molecular formula is C10H11ClN2O. The minimum Gasteiger partial charge on any atom is -0.374 e. The van der Waals surface area contributed by atoms with Crippen LogP contribution in [0.3, 0.4) is 0 Å². The Labute approximate surface area is 87.2 Å². The Bertz CT molecular complexity index is 380. The van der Waals surface area contributed by atoms with Crippen molar-refractivity contribution in [3.05, 3.63) is 36.2 Å². The van der Waals surface area contributed by atoms with Crippen molar-refractivity contribution in [3.63, 3.8) is 0 Å². The van der Waals surface area contributed by atoms with E-state index in [2.05, 4.69) is 5.10 Å². The lowest BCUT2D eigenvalue weighted by molar-refractivity contribution is 0.133. The molecule has 0 N–H and O–H groups in total. The topological polar surface area (TPSA) is 26.5 Å². The van der Waals surface area contributed by atoms with E-state index in [1.165, 1.54) is 0 Å². The van der Waals surface area contributed by atoms with Crippen molar-refractivity contribution >= 4 is 17.1 Å². The summed E-state index contributed by atoms with van der Waals surface area (Å²) in [6, 6.07) is 7.95. The number of halogens is 1. The Hall–Kier alpha value is -1.06. The van der Waals surface area contributed by atoms with E-state index in [9.17, 15) is 0 Å². The SMILES string of the molecule is ClCCOCc1cc2ccccn2n1. The number of ether oxygens (including phenoxy) is 1. The molecule has 74 valence electrons. The van der Waals surface area contributed by atoms with Gasteiger partial charge in [0.1, 0.15) is 0 Å². The van der Waals surface area contributed by atoms with Crippen LogP contribution in [0.5, 0.6) is 0 Å². The van der Waals surface area contributed by atoms with Gasteiger partial charge in [-0.05, 0) is 18.2 Å². The Morgan fingerprint density at radius 3 is 3.14 bits per heavy atom. The first-order chi connectivity index (χ1) is 6.90. The molecular weight excluding hydrogens is 200 g/mol. The molecule has 2 aromatic heterocycles. The van der Waals surface area contributed by atoms with Crippen molar-refractivity contribution in [2.75, 3.05) is 12.5 Å². The van der Waals surface area contributed by atoms with Crippen LogP contribution in [0.4, 0.5) is 0 Å². The van der Waals surface area contributed by atoms with Crippen LogP contribution in [0.25, 0.3) is 5.52 Å². The smallest absolute Gasteiger partial charge is 0.0907 e. The molecule has 0 amide bonds. The van der Waals surface area contributed by atoms with Crippen molar-refractivity contribution in [1.29, 1.82) is 0 Å². The van der Waals surface area contributed by atoms with Crippen molar-refractivity contribution in [2.45, 2.75) is 6.61 Å². The molecule has 0 atom stereocenters. The van der Waals surface area contributed by atoms with Crippen LogP contribution in [0.1, 0.15) is 5.69 Å². The third-order valence-corrected chi connectivity index (χ3v) is 2.05. The molecule has 0 aliphatic heterocycles. The summed E-state index contributed by atoms with van der Waals surface area (Å²) in [5.41, 5.74) is 2.01. The normalized spacial score (nSPS) is 10.9. The lowest BCUT2D eigenvalue weighted by Gasteiger charge is -1.96. The molecule has 3 nitrogen and oxygen atoms in total. The molecule has 0 aliphatic carbocycles. The molecule has 2 aromatic rings. The number of hydrogen-bond donors (Lipinski definition) is 0. The molecule has 2 rings (SSSR count). The Morgan fingerprint density at radius 2 is 2.36 bits per heavy atom. The molecule has 0 radical (unpaired) electrons. The fourth-order valence-electron chi connectivity index (χ4n) is 1.29. The molecule has 0 saturated heterocycles. The first-order valence-corrected chi connectivity index (χ1v) is 5.00. The fraction of sp³-hybridized carbons (Fsp3) is 0.300. The Balaban J connectivity index is 2.11. The zero-order valence-corrected chi connectivity index (χ0v) is 8.44. The van der Waals surface area contributed by atoms with Gasteiger partial charge in [-0.25, -0.2) is 4.52 Å². The van der Waals surface area contributed by atoms with Crippen molar-refractivity contribution < 1.29 is 4.74 Å². The second-order valence-corrected chi connectivity index (χ2v) is 3.33. The third kappa shape index (κ3) is 2.05. The molecule has 0 aromatic carbocycles. The first-order valence-electron chi connectivity index (χ1n) is 4.47. The van der Waals surface area contributed by atoms with E-state index >= 15 is 0 Å². The maximum Gasteiger partial charge on any atom is 0.0907 e. The van der Waals surface area contributed by atoms with Crippen LogP contribution in [0.15, 0.2) is 30.5 Å². The van der Waals surface area contributed by atoms with E-state index in [1.807, 2.05) is 35.0 Å². The van der Waals surface area contributed by atoms with Crippen molar-refractivity contribution in [1.82, 2.24) is 9.61 Å². The summed E-state index contributed by atoms with van der Waals surface area (Å²) in [5, 5.41) is 4.33. The number of hydrogen-bond acceptors (Lipinski definition) is 2. The van der Waals surface area contributed by atoms with Gasteiger partial charge in [-0.15, -0.1) is 11.6 Å². The number of rotatable bonds is 4. The van der Waals surface area contributed by atoms with Crippen LogP contribution < -0.4 is 0 Å². The van der Waals surface area contributed by atoms with E-state index in [0.717, 1.165) is 11.2 Å². The first kappa shape index (κ1) is 9.49. The summed E-state index contributed by atoms with van der Waals surface area (Å²) < 4.78 is 7.12. The van der Waals surface area contributed by atoms with Crippen molar-refractivity contribution in [3.8, 4) is 0 Å². The summed E-state index contributed by atoms with van der Waals surface area (Å²) in [6.07, 6.45) is 1.92. The Morgan fingerprint density at radius 1 is 1.43 bits per heavy atom. The second kappa shape index (κ2) is 4.44. The molecule has 4 heteroatoms. The van der Waals surface area contributed by atoms with Crippen LogP contribution in [-0.2, 0) is 11.3 Å². The summed E-state index contributed by atoms with van der Waals surface area (Å²) >= 11 is 5.50. The van der Waals surface area contributed by atoms with E-state index < -0.39 is 0 Å². The number of alkyl halides is 1. The molecule has 0 bridgehead atoms. The van der Waals surface area contributed by atoms with Crippen LogP contribution in [0, 0.1) is 0 Å². The summed E-state index contributed by atoms with van der Waals surface area (Å²) in [7, 11) is 0. The number of pyridine rings is 1. The van der Waals surface area contributed by atoms with Gasteiger partial charge in [0, 0.05) is 12.1 Å². The van der Waals surface area contributed by atoms with Gasteiger partial charge >= 0.3 is 0 Å². The minimum atomic E-state index is 0.521. The van der Waals surface area contributed by atoms with E-state index in [1.54, 1.807) is 0 Å². The highest BCUT2D eigenvalue weighted by atomic mass is 35.5. The number of aromatic nitrogens is 2. The zero-order chi connectivity index (χ0) is 9.80. The van der Waals surface area contributed by atoms with E-state index in [4.69, 9.17) is 16.3 Å². The summed E-state index contributed by atoms with van der Waals surface area (Å²) in [4.78, 5) is 0. The zero-order valence-electron chi connectivity index (χ0n) is 7.69.